The molecule has 1 N–H and O–H groups in total. The minimum absolute atomic E-state index is 0.0417. The van der Waals surface area contributed by atoms with E-state index in [-0.39, 0.29) is 23.9 Å². The van der Waals surface area contributed by atoms with Crippen molar-refractivity contribution < 1.29 is 22.6 Å². The molecule has 1 fully saturated rings. The lowest BCUT2D eigenvalue weighted by atomic mass is 10.0. The first-order valence-electron chi connectivity index (χ1n) is 11.8. The SMILES string of the molecule is COc1cccc(-c2nnc(NS(=O)(=O)[C@@H](C)[C@H](OC)c3ncc(Cl)cn3)n2[C@@H](C)C2CCCCO2)n1. The average molecular weight is 552 g/mol. The molecule has 1 unspecified atom stereocenters. The van der Waals surface area contributed by atoms with Crippen molar-refractivity contribution in [2.45, 2.75) is 56.6 Å². The Morgan fingerprint density at radius 1 is 1.16 bits per heavy atom. The number of nitrogens with zero attached hydrogens (tertiary/aromatic N) is 6. The van der Waals surface area contributed by atoms with Gasteiger partial charge in [0.25, 0.3) is 0 Å². The molecule has 0 radical (unpaired) electrons. The summed E-state index contributed by atoms with van der Waals surface area (Å²) in [4.78, 5) is 12.7. The van der Waals surface area contributed by atoms with Gasteiger partial charge in [0.1, 0.15) is 17.0 Å². The number of rotatable bonds is 10. The first-order valence-corrected chi connectivity index (χ1v) is 13.8. The molecule has 0 amide bonds. The zero-order chi connectivity index (χ0) is 26.6. The number of hydrogen-bond acceptors (Lipinski definition) is 10. The number of hydrogen-bond donors (Lipinski definition) is 1. The lowest BCUT2D eigenvalue weighted by Crippen LogP contribution is -2.35. The van der Waals surface area contributed by atoms with Crippen LogP contribution in [0.2, 0.25) is 5.02 Å². The minimum atomic E-state index is -4.05. The molecule has 0 saturated carbocycles. The van der Waals surface area contributed by atoms with Gasteiger partial charge in [-0.25, -0.2) is 23.4 Å². The van der Waals surface area contributed by atoms with E-state index < -0.39 is 21.4 Å². The summed E-state index contributed by atoms with van der Waals surface area (Å²) >= 11 is 5.88. The van der Waals surface area contributed by atoms with Crippen molar-refractivity contribution in [2.24, 2.45) is 0 Å². The Hall–Kier alpha value is -2.87. The van der Waals surface area contributed by atoms with E-state index in [1.54, 1.807) is 22.8 Å². The van der Waals surface area contributed by atoms with Gasteiger partial charge in [0, 0.05) is 32.2 Å². The Kier molecular flexibility index (Phi) is 8.57. The molecule has 1 aliphatic heterocycles. The largest absolute Gasteiger partial charge is 0.481 e. The average Bonchev–Trinajstić information content (AvgIpc) is 3.32. The molecular formula is C23H30ClN7O5S. The van der Waals surface area contributed by atoms with Gasteiger partial charge >= 0.3 is 0 Å². The second-order valence-electron chi connectivity index (χ2n) is 8.70. The zero-order valence-electron chi connectivity index (χ0n) is 21.0. The molecule has 3 aromatic rings. The lowest BCUT2D eigenvalue weighted by Gasteiger charge is -2.30. The summed E-state index contributed by atoms with van der Waals surface area (Å²) in [6.45, 7) is 4.09. The number of sulfonamides is 1. The van der Waals surface area contributed by atoms with E-state index in [2.05, 4.69) is 29.9 Å². The Morgan fingerprint density at radius 2 is 1.92 bits per heavy atom. The summed E-state index contributed by atoms with van der Waals surface area (Å²) in [5.41, 5.74) is 0.484. The molecule has 0 bridgehead atoms. The van der Waals surface area contributed by atoms with Crippen molar-refractivity contribution in [3.63, 3.8) is 0 Å². The molecule has 3 aromatic heterocycles. The van der Waals surface area contributed by atoms with Crippen LogP contribution in [-0.4, -0.2) is 70.3 Å². The Labute approximate surface area is 220 Å². The van der Waals surface area contributed by atoms with Crippen molar-refractivity contribution in [1.29, 1.82) is 0 Å². The van der Waals surface area contributed by atoms with E-state index in [1.165, 1.54) is 33.5 Å². The van der Waals surface area contributed by atoms with E-state index in [4.69, 9.17) is 25.8 Å². The van der Waals surface area contributed by atoms with E-state index in [0.717, 1.165) is 19.3 Å². The number of methoxy groups -OCH3 is 2. The van der Waals surface area contributed by atoms with Crippen molar-refractivity contribution in [1.82, 2.24) is 29.7 Å². The van der Waals surface area contributed by atoms with Gasteiger partial charge in [-0.1, -0.05) is 17.7 Å². The maximum atomic E-state index is 13.5. The molecule has 14 heteroatoms. The number of pyridine rings is 1. The number of nitrogens with one attached hydrogen (secondary N) is 1. The third kappa shape index (κ3) is 6.00. The van der Waals surface area contributed by atoms with Crippen molar-refractivity contribution in [3.05, 3.63) is 41.4 Å². The van der Waals surface area contributed by atoms with Crippen molar-refractivity contribution in [3.8, 4) is 17.4 Å². The van der Waals surface area contributed by atoms with E-state index >= 15 is 0 Å². The van der Waals surface area contributed by atoms with Crippen LogP contribution in [0.3, 0.4) is 0 Å². The molecule has 0 aliphatic carbocycles. The van der Waals surface area contributed by atoms with E-state index in [9.17, 15) is 8.42 Å². The minimum Gasteiger partial charge on any atom is -0.481 e. The summed E-state index contributed by atoms with van der Waals surface area (Å²) in [5.74, 6) is 1.02. The molecule has 1 saturated heterocycles. The quantitative estimate of drug-likeness (QED) is 0.398. The van der Waals surface area contributed by atoms with Crippen LogP contribution in [0.15, 0.2) is 30.6 Å². The maximum Gasteiger partial charge on any atom is 0.240 e. The smallest absolute Gasteiger partial charge is 0.240 e. The Morgan fingerprint density at radius 3 is 2.57 bits per heavy atom. The summed E-state index contributed by atoms with van der Waals surface area (Å²) in [6.07, 6.45) is 4.49. The van der Waals surface area contributed by atoms with Gasteiger partial charge in [0.05, 0.1) is 24.3 Å². The molecule has 12 nitrogen and oxygen atoms in total. The van der Waals surface area contributed by atoms with Crippen LogP contribution >= 0.6 is 11.6 Å². The number of halogens is 1. The van der Waals surface area contributed by atoms with Gasteiger partial charge in [-0.05, 0) is 39.2 Å². The van der Waals surface area contributed by atoms with Gasteiger partial charge in [-0.2, -0.15) is 0 Å². The van der Waals surface area contributed by atoms with Crippen molar-refractivity contribution in [2.75, 3.05) is 25.5 Å². The highest BCUT2D eigenvalue weighted by atomic mass is 35.5. The summed E-state index contributed by atoms with van der Waals surface area (Å²) in [7, 11) is -1.13. The molecule has 1 aliphatic rings. The fourth-order valence-electron chi connectivity index (χ4n) is 4.25. The maximum absolute atomic E-state index is 13.5. The standard InChI is InChI=1S/C23H30ClN7O5S/c1-14(18-9-5-6-11-36-18)31-22(17-8-7-10-19(27-17)34-3)28-29-23(31)30-37(32,33)15(2)20(35-4)21-25-12-16(24)13-26-21/h7-8,10,12-15,18,20H,5-6,9,11H2,1-4H3,(H,29,30)/t14-,15-,18?,20-/m0/s1. The number of ether oxygens (including phenoxy) is 3. The van der Waals surface area contributed by atoms with Crippen LogP contribution in [0.25, 0.3) is 11.5 Å². The first-order chi connectivity index (χ1) is 17.7. The monoisotopic (exact) mass is 551 g/mol. The summed E-state index contributed by atoms with van der Waals surface area (Å²) in [6, 6.07) is 4.97. The highest BCUT2D eigenvalue weighted by Crippen LogP contribution is 2.32. The topological polar surface area (TPSA) is 143 Å². The third-order valence-corrected chi connectivity index (χ3v) is 8.20. The van der Waals surface area contributed by atoms with E-state index in [1.807, 2.05) is 6.92 Å². The predicted octanol–water partition coefficient (Wildman–Crippen LogP) is 3.44. The third-order valence-electron chi connectivity index (χ3n) is 6.32. The van der Waals surface area contributed by atoms with Crippen LogP contribution in [0, 0.1) is 0 Å². The van der Waals surface area contributed by atoms with Crippen LogP contribution in [0.1, 0.15) is 51.1 Å². The van der Waals surface area contributed by atoms with Crippen LogP contribution in [0.5, 0.6) is 5.88 Å². The fourth-order valence-corrected chi connectivity index (χ4v) is 5.48. The molecule has 37 heavy (non-hydrogen) atoms. The first kappa shape index (κ1) is 27.2. The molecular weight excluding hydrogens is 522 g/mol. The molecule has 200 valence electrons. The number of aromatic nitrogens is 6. The summed E-state index contributed by atoms with van der Waals surface area (Å²) in [5, 5.41) is 7.75. The molecule has 4 rings (SSSR count). The van der Waals surface area contributed by atoms with Gasteiger partial charge < -0.3 is 14.2 Å². The Bertz CT molecular complexity index is 1300. The second kappa shape index (κ2) is 11.7. The molecule has 4 atom stereocenters. The van der Waals surface area contributed by atoms with Crippen molar-refractivity contribution >= 4 is 27.6 Å². The molecule has 4 heterocycles. The number of anilines is 1. The van der Waals surface area contributed by atoms with Crippen LogP contribution < -0.4 is 9.46 Å². The predicted molar refractivity (Wildman–Crippen MR) is 137 cm³/mol. The zero-order valence-corrected chi connectivity index (χ0v) is 22.6. The van der Waals surface area contributed by atoms with Gasteiger partial charge in [0.15, 0.2) is 11.6 Å². The van der Waals surface area contributed by atoms with Crippen LogP contribution in [-0.2, 0) is 19.5 Å². The highest BCUT2D eigenvalue weighted by molar-refractivity contribution is 7.93. The second-order valence-corrected chi connectivity index (χ2v) is 11.2. The highest BCUT2D eigenvalue weighted by Gasteiger charge is 2.36. The fraction of sp³-hybridized carbons (Fsp3) is 0.522. The van der Waals surface area contributed by atoms with Gasteiger partial charge in [-0.15, -0.1) is 10.2 Å². The van der Waals surface area contributed by atoms with E-state index in [0.29, 0.717) is 29.0 Å². The van der Waals surface area contributed by atoms with Crippen LogP contribution in [0.4, 0.5) is 5.95 Å². The summed E-state index contributed by atoms with van der Waals surface area (Å²) < 4.78 is 48.1. The van der Waals surface area contributed by atoms with Gasteiger partial charge in [0.2, 0.25) is 21.9 Å². The molecule has 0 aromatic carbocycles. The van der Waals surface area contributed by atoms with Gasteiger partial charge in [-0.3, -0.25) is 9.29 Å². The normalized spacial score (nSPS) is 18.7. The Balaban J connectivity index is 1.70. The lowest BCUT2D eigenvalue weighted by molar-refractivity contribution is -0.0116. The molecule has 0 spiro atoms.